The fourth-order valence-corrected chi connectivity index (χ4v) is 4.03. The Morgan fingerprint density at radius 1 is 1.14 bits per heavy atom. The molecule has 0 aliphatic carbocycles. The van der Waals surface area contributed by atoms with Crippen molar-refractivity contribution >= 4 is 46.7 Å². The molecule has 21 heavy (non-hydrogen) atoms. The summed E-state index contributed by atoms with van der Waals surface area (Å²) in [7, 11) is 0. The SMILES string of the molecule is CSc1ccc([C@H]2SCC(=O)N2c2ccc(Cl)cc2)cc1. The normalized spacial score (nSPS) is 18.3. The number of amides is 1. The van der Waals surface area contributed by atoms with Crippen molar-refractivity contribution in [3.8, 4) is 0 Å². The second kappa shape index (κ2) is 6.34. The molecule has 1 saturated heterocycles. The summed E-state index contributed by atoms with van der Waals surface area (Å²) in [6.07, 6.45) is 2.06. The maximum atomic E-state index is 12.2. The summed E-state index contributed by atoms with van der Waals surface area (Å²) in [4.78, 5) is 15.3. The molecule has 0 saturated carbocycles. The maximum absolute atomic E-state index is 12.2. The van der Waals surface area contributed by atoms with E-state index in [2.05, 4.69) is 30.5 Å². The Balaban J connectivity index is 1.93. The first-order valence-electron chi connectivity index (χ1n) is 6.52. The highest BCUT2D eigenvalue weighted by Gasteiger charge is 2.33. The first-order chi connectivity index (χ1) is 10.2. The lowest BCUT2D eigenvalue weighted by molar-refractivity contribution is -0.115. The molecule has 5 heteroatoms. The van der Waals surface area contributed by atoms with Crippen molar-refractivity contribution in [3.63, 3.8) is 0 Å². The van der Waals surface area contributed by atoms with E-state index in [9.17, 15) is 4.79 Å². The van der Waals surface area contributed by atoms with Gasteiger partial charge >= 0.3 is 0 Å². The predicted octanol–water partition coefficient (Wildman–Crippen LogP) is 4.84. The van der Waals surface area contributed by atoms with E-state index in [0.29, 0.717) is 10.8 Å². The monoisotopic (exact) mass is 335 g/mol. The van der Waals surface area contributed by atoms with Gasteiger partial charge in [0.25, 0.3) is 0 Å². The van der Waals surface area contributed by atoms with Crippen LogP contribution in [0.15, 0.2) is 53.4 Å². The topological polar surface area (TPSA) is 20.3 Å². The van der Waals surface area contributed by atoms with Gasteiger partial charge in [-0.1, -0.05) is 23.7 Å². The highest BCUT2D eigenvalue weighted by atomic mass is 35.5. The van der Waals surface area contributed by atoms with Gasteiger partial charge in [-0.05, 0) is 48.2 Å². The Hall–Kier alpha value is -1.10. The highest BCUT2D eigenvalue weighted by Crippen LogP contribution is 2.42. The van der Waals surface area contributed by atoms with Gasteiger partial charge in [0.05, 0.1) is 5.75 Å². The van der Waals surface area contributed by atoms with Crippen LogP contribution in [-0.2, 0) is 4.79 Å². The van der Waals surface area contributed by atoms with Crippen LogP contribution in [0.2, 0.25) is 5.02 Å². The summed E-state index contributed by atoms with van der Waals surface area (Å²) in [6, 6.07) is 15.8. The van der Waals surface area contributed by atoms with Crippen LogP contribution >= 0.6 is 35.1 Å². The zero-order valence-corrected chi connectivity index (χ0v) is 13.8. The smallest absolute Gasteiger partial charge is 0.238 e. The van der Waals surface area contributed by atoms with Crippen LogP contribution in [0.1, 0.15) is 10.9 Å². The van der Waals surface area contributed by atoms with Crippen LogP contribution in [0.4, 0.5) is 5.69 Å². The molecular weight excluding hydrogens is 322 g/mol. The van der Waals surface area contributed by atoms with Crippen LogP contribution in [0.3, 0.4) is 0 Å². The van der Waals surface area contributed by atoms with Gasteiger partial charge in [0.2, 0.25) is 5.91 Å². The van der Waals surface area contributed by atoms with Crippen LogP contribution in [0.25, 0.3) is 0 Å². The number of benzene rings is 2. The number of rotatable bonds is 3. The zero-order valence-electron chi connectivity index (χ0n) is 11.5. The minimum Gasteiger partial charge on any atom is -0.295 e. The number of halogens is 1. The number of hydrogen-bond acceptors (Lipinski definition) is 3. The van der Waals surface area contributed by atoms with Gasteiger partial charge in [-0.15, -0.1) is 23.5 Å². The van der Waals surface area contributed by atoms with E-state index < -0.39 is 0 Å². The van der Waals surface area contributed by atoms with Gasteiger partial charge < -0.3 is 0 Å². The van der Waals surface area contributed by atoms with Crippen LogP contribution < -0.4 is 4.90 Å². The van der Waals surface area contributed by atoms with E-state index in [1.54, 1.807) is 23.5 Å². The molecule has 0 aromatic heterocycles. The van der Waals surface area contributed by atoms with Crippen LogP contribution in [0.5, 0.6) is 0 Å². The highest BCUT2D eigenvalue weighted by molar-refractivity contribution is 8.00. The number of anilines is 1. The fourth-order valence-electron chi connectivity index (χ4n) is 2.32. The lowest BCUT2D eigenvalue weighted by Gasteiger charge is -2.24. The third-order valence-corrected chi connectivity index (χ3v) is 5.58. The molecule has 1 heterocycles. The summed E-state index contributed by atoms with van der Waals surface area (Å²) in [5, 5.41) is 0.716. The molecule has 1 aliphatic rings. The minimum atomic E-state index is 0.0366. The lowest BCUT2D eigenvalue weighted by Crippen LogP contribution is -2.27. The van der Waals surface area contributed by atoms with Gasteiger partial charge in [-0.3, -0.25) is 9.69 Å². The lowest BCUT2D eigenvalue weighted by atomic mass is 10.2. The predicted molar refractivity (Wildman–Crippen MR) is 92.4 cm³/mol. The molecule has 1 fully saturated rings. The average Bonchev–Trinajstić information content (AvgIpc) is 2.90. The van der Waals surface area contributed by atoms with E-state index in [-0.39, 0.29) is 11.3 Å². The summed E-state index contributed by atoms with van der Waals surface area (Å²) < 4.78 is 0. The van der Waals surface area contributed by atoms with Crippen molar-refractivity contribution in [2.24, 2.45) is 0 Å². The quantitative estimate of drug-likeness (QED) is 0.748. The van der Waals surface area contributed by atoms with Gasteiger partial charge in [0, 0.05) is 15.6 Å². The molecule has 0 radical (unpaired) electrons. The number of thioether (sulfide) groups is 2. The standard InChI is InChI=1S/C16H14ClNOS2/c1-20-14-8-2-11(3-9-14)16-18(15(19)10-21-16)13-6-4-12(17)5-7-13/h2-9,16H,10H2,1H3/t16-/m1/s1. The second-order valence-electron chi connectivity index (χ2n) is 4.68. The van der Waals surface area contributed by atoms with Crippen molar-refractivity contribution in [2.45, 2.75) is 10.3 Å². The third kappa shape index (κ3) is 3.07. The van der Waals surface area contributed by atoms with Crippen molar-refractivity contribution in [1.29, 1.82) is 0 Å². The van der Waals surface area contributed by atoms with Gasteiger partial charge in [-0.2, -0.15) is 0 Å². The third-order valence-electron chi connectivity index (χ3n) is 3.37. The number of hydrogen-bond donors (Lipinski definition) is 0. The van der Waals surface area contributed by atoms with Crippen molar-refractivity contribution in [3.05, 3.63) is 59.1 Å². The molecule has 0 bridgehead atoms. The first-order valence-corrected chi connectivity index (χ1v) is 9.17. The molecule has 2 aromatic carbocycles. The molecule has 1 atom stereocenters. The number of carbonyl (C=O) groups is 1. The van der Waals surface area contributed by atoms with E-state index in [0.717, 1.165) is 11.3 Å². The minimum absolute atomic E-state index is 0.0366. The molecule has 3 rings (SSSR count). The van der Waals surface area contributed by atoms with Gasteiger partial charge in [0.1, 0.15) is 5.37 Å². The average molecular weight is 336 g/mol. The Bertz CT molecular complexity index is 642. The molecule has 108 valence electrons. The van der Waals surface area contributed by atoms with Crippen LogP contribution in [-0.4, -0.2) is 17.9 Å². The number of nitrogens with zero attached hydrogens (tertiary/aromatic N) is 1. The largest absolute Gasteiger partial charge is 0.295 e. The Morgan fingerprint density at radius 3 is 2.43 bits per heavy atom. The fraction of sp³-hybridized carbons (Fsp3) is 0.188. The van der Waals surface area contributed by atoms with E-state index >= 15 is 0 Å². The molecule has 1 amide bonds. The van der Waals surface area contributed by atoms with E-state index in [4.69, 9.17) is 11.6 Å². The van der Waals surface area contributed by atoms with Crippen molar-refractivity contribution < 1.29 is 4.79 Å². The van der Waals surface area contributed by atoms with Gasteiger partial charge in [0.15, 0.2) is 0 Å². The molecule has 0 spiro atoms. The van der Waals surface area contributed by atoms with Crippen molar-refractivity contribution in [2.75, 3.05) is 16.9 Å². The molecule has 2 nitrogen and oxygen atoms in total. The molecular formula is C16H14ClNOS2. The summed E-state index contributed by atoms with van der Waals surface area (Å²) in [5.74, 6) is 0.652. The Kier molecular flexibility index (Phi) is 4.48. The Morgan fingerprint density at radius 2 is 1.81 bits per heavy atom. The summed E-state index contributed by atoms with van der Waals surface area (Å²) >= 11 is 9.31. The molecule has 0 unspecified atom stereocenters. The maximum Gasteiger partial charge on any atom is 0.238 e. The first kappa shape index (κ1) is 14.8. The van der Waals surface area contributed by atoms with E-state index in [1.807, 2.05) is 29.2 Å². The van der Waals surface area contributed by atoms with Crippen LogP contribution in [0, 0.1) is 0 Å². The van der Waals surface area contributed by atoms with Crippen molar-refractivity contribution in [1.82, 2.24) is 0 Å². The second-order valence-corrected chi connectivity index (χ2v) is 7.06. The zero-order chi connectivity index (χ0) is 14.8. The van der Waals surface area contributed by atoms with Gasteiger partial charge in [-0.25, -0.2) is 0 Å². The van der Waals surface area contributed by atoms with E-state index in [1.165, 1.54) is 4.90 Å². The molecule has 0 N–H and O–H groups in total. The molecule has 2 aromatic rings. The summed E-state index contributed by atoms with van der Waals surface area (Å²) in [6.45, 7) is 0. The molecule has 1 aliphatic heterocycles. The number of carbonyl (C=O) groups excluding carboxylic acids is 1. The Labute approximate surface area is 137 Å². The summed E-state index contributed by atoms with van der Waals surface area (Å²) in [5.41, 5.74) is 2.05.